The summed E-state index contributed by atoms with van der Waals surface area (Å²) in [6.45, 7) is 4.05. The number of nitrogens with zero attached hydrogens (tertiary/aromatic N) is 1. The summed E-state index contributed by atoms with van der Waals surface area (Å²) in [5, 5.41) is 0. The molecule has 10 heteroatoms. The largest absolute Gasteiger partial charge is 0.756 e. The molecule has 2 unspecified atom stereocenters. The van der Waals surface area contributed by atoms with Crippen molar-refractivity contribution in [2.24, 2.45) is 0 Å². The highest BCUT2D eigenvalue weighted by molar-refractivity contribution is 7.45. The lowest BCUT2D eigenvalue weighted by Crippen LogP contribution is -2.37. The van der Waals surface area contributed by atoms with Crippen molar-refractivity contribution >= 4 is 19.8 Å². The molecule has 358 valence electrons. The molecule has 0 fully saturated rings. The number of esters is 2. The molecule has 0 rings (SSSR count). The summed E-state index contributed by atoms with van der Waals surface area (Å²) in [7, 11) is 1.13. The topological polar surface area (TPSA) is 111 Å². The molecule has 0 aromatic carbocycles. The van der Waals surface area contributed by atoms with Gasteiger partial charge in [0.15, 0.2) is 6.10 Å². The molecule has 0 amide bonds. The molecule has 0 spiro atoms. The van der Waals surface area contributed by atoms with Crippen molar-refractivity contribution in [3.8, 4) is 0 Å². The van der Waals surface area contributed by atoms with Crippen LogP contribution in [0.15, 0.2) is 72.9 Å². The van der Waals surface area contributed by atoms with Crippen LogP contribution in [0.2, 0.25) is 0 Å². The third-order valence-electron chi connectivity index (χ3n) is 10.2. The summed E-state index contributed by atoms with van der Waals surface area (Å²) in [6.07, 6.45) is 55.1. The number of rotatable bonds is 44. The second-order valence-electron chi connectivity index (χ2n) is 17.4. The molecule has 0 bridgehead atoms. The van der Waals surface area contributed by atoms with Crippen LogP contribution in [0.1, 0.15) is 194 Å². The lowest BCUT2D eigenvalue weighted by atomic mass is 10.0. The van der Waals surface area contributed by atoms with E-state index in [1.165, 1.54) is 89.9 Å². The Kier molecular flexibility index (Phi) is 41.9. The average molecular weight is 890 g/mol. The number of allylic oxidation sites excluding steroid dienone is 12. The van der Waals surface area contributed by atoms with Gasteiger partial charge in [-0.15, -0.1) is 0 Å². The SMILES string of the molecule is CC/C=C\C/C=C\C/C=C\C/C=C\CCCCC(=O)OC(COC(=O)CCCCCCCCCCCCC/C=C\C/C=C\CCCCCCC)COP(=O)([O-])OCC[N+](C)(C)C. The summed E-state index contributed by atoms with van der Waals surface area (Å²) < 4.78 is 33.9. The molecular formula is C52H92NO8P. The van der Waals surface area contributed by atoms with E-state index in [9.17, 15) is 19.0 Å². The third-order valence-corrected chi connectivity index (χ3v) is 11.2. The van der Waals surface area contributed by atoms with Gasteiger partial charge in [-0.2, -0.15) is 0 Å². The van der Waals surface area contributed by atoms with E-state index in [1.807, 2.05) is 21.1 Å². The molecule has 0 aliphatic heterocycles. The van der Waals surface area contributed by atoms with Crippen LogP contribution in [0.5, 0.6) is 0 Å². The van der Waals surface area contributed by atoms with Gasteiger partial charge < -0.3 is 27.9 Å². The van der Waals surface area contributed by atoms with E-state index in [0.717, 1.165) is 70.6 Å². The Morgan fingerprint density at radius 1 is 0.516 bits per heavy atom. The first-order valence-electron chi connectivity index (χ1n) is 24.6. The first-order chi connectivity index (χ1) is 30.0. The molecule has 0 saturated heterocycles. The van der Waals surface area contributed by atoms with E-state index in [4.69, 9.17) is 18.5 Å². The zero-order chi connectivity index (χ0) is 45.7. The van der Waals surface area contributed by atoms with Crippen LogP contribution in [0.3, 0.4) is 0 Å². The molecule has 0 aromatic heterocycles. The third kappa shape index (κ3) is 46.9. The van der Waals surface area contributed by atoms with Crippen LogP contribution in [-0.2, 0) is 32.7 Å². The molecule has 0 saturated carbocycles. The van der Waals surface area contributed by atoms with Crippen molar-refractivity contribution in [1.82, 2.24) is 0 Å². The summed E-state index contributed by atoms with van der Waals surface area (Å²) >= 11 is 0. The fraction of sp³-hybridized carbons (Fsp3) is 0.731. The van der Waals surface area contributed by atoms with Gasteiger partial charge in [-0.3, -0.25) is 14.2 Å². The zero-order valence-electron chi connectivity index (χ0n) is 40.3. The maximum absolute atomic E-state index is 12.7. The number of phosphoric acid groups is 1. The highest BCUT2D eigenvalue weighted by Crippen LogP contribution is 2.38. The van der Waals surface area contributed by atoms with E-state index in [2.05, 4.69) is 86.8 Å². The number of ether oxygens (including phenoxy) is 2. The number of quaternary nitrogens is 1. The Morgan fingerprint density at radius 2 is 0.919 bits per heavy atom. The molecule has 2 atom stereocenters. The summed E-state index contributed by atoms with van der Waals surface area (Å²) in [5.41, 5.74) is 0. The molecule has 0 radical (unpaired) electrons. The van der Waals surface area contributed by atoms with Gasteiger partial charge in [-0.25, -0.2) is 0 Å². The Balaban J connectivity index is 4.29. The van der Waals surface area contributed by atoms with Crippen molar-refractivity contribution < 1.29 is 42.1 Å². The minimum absolute atomic E-state index is 0.0424. The van der Waals surface area contributed by atoms with E-state index >= 15 is 0 Å². The minimum Gasteiger partial charge on any atom is -0.756 e. The minimum atomic E-state index is -4.64. The van der Waals surface area contributed by atoms with Crippen molar-refractivity contribution in [3.05, 3.63) is 72.9 Å². The first-order valence-corrected chi connectivity index (χ1v) is 26.1. The van der Waals surface area contributed by atoms with Crippen molar-refractivity contribution in [2.45, 2.75) is 200 Å². The highest BCUT2D eigenvalue weighted by Gasteiger charge is 2.21. The maximum Gasteiger partial charge on any atom is 0.306 e. The van der Waals surface area contributed by atoms with E-state index in [-0.39, 0.29) is 26.1 Å². The fourth-order valence-corrected chi connectivity index (χ4v) is 7.11. The summed E-state index contributed by atoms with van der Waals surface area (Å²) in [5.74, 6) is -0.888. The Bertz CT molecular complexity index is 1280. The van der Waals surface area contributed by atoms with Gasteiger partial charge in [0, 0.05) is 12.8 Å². The molecule has 0 aliphatic rings. The quantitative estimate of drug-likeness (QED) is 0.0195. The van der Waals surface area contributed by atoms with Crippen LogP contribution in [0.4, 0.5) is 0 Å². The van der Waals surface area contributed by atoms with E-state index in [1.54, 1.807) is 0 Å². The number of unbranched alkanes of at least 4 members (excludes halogenated alkanes) is 18. The number of carbonyl (C=O) groups excluding carboxylic acids is 2. The second-order valence-corrected chi connectivity index (χ2v) is 18.9. The lowest BCUT2D eigenvalue weighted by Gasteiger charge is -2.28. The molecular weight excluding hydrogens is 798 g/mol. The second kappa shape index (κ2) is 43.7. The van der Waals surface area contributed by atoms with Crippen LogP contribution >= 0.6 is 7.82 Å². The number of hydrogen-bond acceptors (Lipinski definition) is 8. The predicted octanol–water partition coefficient (Wildman–Crippen LogP) is 13.9. The molecule has 9 nitrogen and oxygen atoms in total. The zero-order valence-corrected chi connectivity index (χ0v) is 41.2. The number of likely N-dealkylation sites (N-methyl/N-ethyl adjacent to an activating group) is 1. The maximum atomic E-state index is 12.7. The molecule has 0 N–H and O–H groups in total. The van der Waals surface area contributed by atoms with E-state index < -0.39 is 32.5 Å². The van der Waals surface area contributed by atoms with Gasteiger partial charge in [0.1, 0.15) is 19.8 Å². The summed E-state index contributed by atoms with van der Waals surface area (Å²) in [4.78, 5) is 37.6. The van der Waals surface area contributed by atoms with Crippen molar-refractivity contribution in [3.63, 3.8) is 0 Å². The Labute approximate surface area is 380 Å². The highest BCUT2D eigenvalue weighted by atomic mass is 31.2. The molecule has 62 heavy (non-hydrogen) atoms. The first kappa shape index (κ1) is 59.5. The van der Waals surface area contributed by atoms with Gasteiger partial charge in [-0.1, -0.05) is 170 Å². The van der Waals surface area contributed by atoms with Gasteiger partial charge in [-0.05, 0) is 83.5 Å². The van der Waals surface area contributed by atoms with Gasteiger partial charge in [0.05, 0.1) is 27.7 Å². The van der Waals surface area contributed by atoms with Crippen molar-refractivity contribution in [1.29, 1.82) is 0 Å². The van der Waals surface area contributed by atoms with Crippen LogP contribution in [0, 0.1) is 0 Å². The number of hydrogen-bond donors (Lipinski definition) is 0. The number of phosphoric ester groups is 1. The smallest absolute Gasteiger partial charge is 0.306 e. The molecule has 0 aliphatic carbocycles. The number of carbonyl (C=O) groups is 2. The van der Waals surface area contributed by atoms with Gasteiger partial charge in [0.25, 0.3) is 7.82 Å². The average Bonchev–Trinajstić information content (AvgIpc) is 3.23. The molecule has 0 aromatic rings. The lowest BCUT2D eigenvalue weighted by molar-refractivity contribution is -0.870. The standard InChI is InChI=1S/C52H92NO8P/c1-6-8-10-12-14-16-18-20-22-23-24-25-26-27-28-29-31-32-34-36-38-40-42-44-51(54)58-48-50(49-60-62(56,57)59-47-46-53(3,4)5)61-52(55)45-43-41-39-37-35-33-30-21-19-17-15-13-11-9-7-2/h9,11,15,17-18,20-21,23-24,30,35,37,50H,6-8,10,12-14,16,19,22,25-29,31-34,36,38-49H2,1-5H3/b11-9-,17-15-,20-18-,24-23-,30-21-,37-35-. The summed E-state index contributed by atoms with van der Waals surface area (Å²) in [6, 6.07) is 0. The fourth-order valence-electron chi connectivity index (χ4n) is 6.38. The molecule has 0 heterocycles. The normalized spacial score (nSPS) is 14.1. The van der Waals surface area contributed by atoms with Crippen LogP contribution in [0.25, 0.3) is 0 Å². The monoisotopic (exact) mass is 890 g/mol. The van der Waals surface area contributed by atoms with Crippen LogP contribution < -0.4 is 4.89 Å². The Hall–Kier alpha value is -2.55. The van der Waals surface area contributed by atoms with E-state index in [0.29, 0.717) is 17.4 Å². The van der Waals surface area contributed by atoms with Gasteiger partial charge >= 0.3 is 11.9 Å². The predicted molar refractivity (Wildman–Crippen MR) is 259 cm³/mol. The van der Waals surface area contributed by atoms with Gasteiger partial charge in [0.2, 0.25) is 0 Å². The van der Waals surface area contributed by atoms with Crippen molar-refractivity contribution in [2.75, 3.05) is 47.5 Å². The Morgan fingerprint density at radius 3 is 1.40 bits per heavy atom. The van der Waals surface area contributed by atoms with Crippen LogP contribution in [-0.4, -0.2) is 70.0 Å².